The van der Waals surface area contributed by atoms with Crippen LogP contribution in [0.1, 0.15) is 16.7 Å². The molecule has 0 saturated carbocycles. The molecule has 0 atom stereocenters. The number of anilines is 1. The van der Waals surface area contributed by atoms with Crippen LogP contribution >= 0.6 is 11.3 Å². The van der Waals surface area contributed by atoms with Gasteiger partial charge in [0.15, 0.2) is 16.6 Å². The van der Waals surface area contributed by atoms with Gasteiger partial charge in [-0.2, -0.15) is 0 Å². The topological polar surface area (TPSA) is 60.5 Å². The Morgan fingerprint density at radius 3 is 2.64 bits per heavy atom. The molecule has 3 aromatic rings. The highest BCUT2D eigenvalue weighted by Gasteiger charge is 2.16. The predicted molar refractivity (Wildman–Crippen MR) is 98.9 cm³/mol. The van der Waals surface area contributed by atoms with Crippen LogP contribution in [0.2, 0.25) is 0 Å². The molecule has 0 bridgehead atoms. The summed E-state index contributed by atoms with van der Waals surface area (Å²) in [6.07, 6.45) is 0.333. The summed E-state index contributed by atoms with van der Waals surface area (Å²) in [6.45, 7) is 5.21. The number of nitrogens with one attached hydrogen (secondary N) is 1. The monoisotopic (exact) mass is 354 g/mol. The van der Waals surface area contributed by atoms with Crippen molar-refractivity contribution in [3.63, 3.8) is 0 Å². The van der Waals surface area contributed by atoms with E-state index in [1.54, 1.807) is 0 Å². The molecule has 0 unspecified atom stereocenters. The first-order valence-electron chi connectivity index (χ1n) is 8.15. The molecule has 5 nitrogen and oxygen atoms in total. The number of nitrogens with zero attached hydrogens (tertiary/aromatic N) is 1. The molecule has 0 radical (unpaired) electrons. The van der Waals surface area contributed by atoms with Crippen molar-refractivity contribution < 1.29 is 14.3 Å². The molecule has 6 heteroatoms. The van der Waals surface area contributed by atoms with Crippen molar-refractivity contribution in [2.75, 3.05) is 18.5 Å². The number of aryl methyl sites for hydroxylation is 2. The van der Waals surface area contributed by atoms with Gasteiger partial charge in [-0.1, -0.05) is 29.5 Å². The highest BCUT2D eigenvalue weighted by molar-refractivity contribution is 7.22. The highest BCUT2D eigenvalue weighted by Crippen LogP contribution is 2.37. The molecular formula is C19H18N2O3S. The van der Waals surface area contributed by atoms with E-state index in [4.69, 9.17) is 9.47 Å². The summed E-state index contributed by atoms with van der Waals surface area (Å²) >= 11 is 1.44. The molecule has 1 aliphatic heterocycles. The fourth-order valence-corrected chi connectivity index (χ4v) is 3.67. The van der Waals surface area contributed by atoms with Crippen LogP contribution in [0.3, 0.4) is 0 Å². The van der Waals surface area contributed by atoms with Crippen molar-refractivity contribution >= 4 is 32.6 Å². The Morgan fingerprint density at radius 2 is 1.88 bits per heavy atom. The van der Waals surface area contributed by atoms with Gasteiger partial charge in [0.25, 0.3) is 0 Å². The summed E-state index contributed by atoms with van der Waals surface area (Å²) in [5.74, 6) is 1.37. The number of amides is 1. The van der Waals surface area contributed by atoms with Gasteiger partial charge in [-0.3, -0.25) is 4.79 Å². The van der Waals surface area contributed by atoms with Crippen LogP contribution in [0.4, 0.5) is 5.13 Å². The number of hydrogen-bond acceptors (Lipinski definition) is 5. The normalized spacial score (nSPS) is 13.0. The Kier molecular flexibility index (Phi) is 4.05. The maximum Gasteiger partial charge on any atom is 0.230 e. The van der Waals surface area contributed by atoms with Gasteiger partial charge in [0.1, 0.15) is 13.2 Å². The third kappa shape index (κ3) is 3.30. The van der Waals surface area contributed by atoms with Crippen molar-refractivity contribution in [1.29, 1.82) is 0 Å². The summed E-state index contributed by atoms with van der Waals surface area (Å²) in [6, 6.07) is 9.86. The number of fused-ring (bicyclic) bond motifs is 2. The van der Waals surface area contributed by atoms with Crippen molar-refractivity contribution in [3.05, 3.63) is 47.0 Å². The number of carbonyl (C=O) groups is 1. The minimum atomic E-state index is -0.0698. The van der Waals surface area contributed by atoms with Crippen LogP contribution in [0.25, 0.3) is 10.2 Å². The Bertz CT molecular complexity index is 922. The summed E-state index contributed by atoms with van der Waals surface area (Å²) < 4.78 is 12.1. The average molecular weight is 354 g/mol. The summed E-state index contributed by atoms with van der Waals surface area (Å²) in [5, 5.41) is 3.48. The number of aromatic nitrogens is 1. The zero-order valence-corrected chi connectivity index (χ0v) is 14.9. The van der Waals surface area contributed by atoms with Crippen molar-refractivity contribution in [1.82, 2.24) is 4.98 Å². The third-order valence-electron chi connectivity index (χ3n) is 4.23. The standard InChI is InChI=1S/C19H18N2O3S/c1-11-3-4-13(7-12(11)2)8-18(22)21-19-20-14-9-15-16(10-17(14)25-19)24-6-5-23-15/h3-4,7,9-10H,5-6,8H2,1-2H3,(H,20,21,22). The van der Waals surface area contributed by atoms with E-state index in [2.05, 4.69) is 30.2 Å². The van der Waals surface area contributed by atoms with Gasteiger partial charge in [0.05, 0.1) is 16.6 Å². The van der Waals surface area contributed by atoms with Crippen LogP contribution in [0.5, 0.6) is 11.5 Å². The first-order valence-corrected chi connectivity index (χ1v) is 8.96. The fourth-order valence-electron chi connectivity index (χ4n) is 2.78. The summed E-state index contributed by atoms with van der Waals surface area (Å²) in [5.41, 5.74) is 4.22. The van der Waals surface area contributed by atoms with Crippen molar-refractivity contribution in [2.45, 2.75) is 20.3 Å². The minimum absolute atomic E-state index is 0.0698. The Labute approximate surface area is 149 Å². The van der Waals surface area contributed by atoms with Crippen LogP contribution in [0, 0.1) is 13.8 Å². The number of ether oxygens (including phenoxy) is 2. The van der Waals surface area contributed by atoms with Gasteiger partial charge < -0.3 is 14.8 Å². The molecule has 1 N–H and O–H groups in total. The maximum absolute atomic E-state index is 12.3. The quantitative estimate of drug-likeness (QED) is 0.776. The molecule has 4 rings (SSSR count). The third-order valence-corrected chi connectivity index (χ3v) is 5.17. The van der Waals surface area contributed by atoms with Gasteiger partial charge >= 0.3 is 0 Å². The second-order valence-corrected chi connectivity index (χ2v) is 7.16. The van der Waals surface area contributed by atoms with E-state index < -0.39 is 0 Å². The van der Waals surface area contributed by atoms with Gasteiger partial charge in [-0.25, -0.2) is 4.98 Å². The van der Waals surface area contributed by atoms with E-state index in [-0.39, 0.29) is 5.91 Å². The van der Waals surface area contributed by atoms with Gasteiger partial charge in [0, 0.05) is 12.1 Å². The average Bonchev–Trinajstić information content (AvgIpc) is 2.96. The van der Waals surface area contributed by atoms with E-state index in [1.807, 2.05) is 24.3 Å². The number of benzene rings is 2. The van der Waals surface area contributed by atoms with Crippen LogP contribution in [-0.2, 0) is 11.2 Å². The summed E-state index contributed by atoms with van der Waals surface area (Å²) in [7, 11) is 0. The molecule has 0 spiro atoms. The Balaban J connectivity index is 1.51. The van der Waals surface area contributed by atoms with E-state index in [9.17, 15) is 4.79 Å². The van der Waals surface area contributed by atoms with Crippen LogP contribution < -0.4 is 14.8 Å². The molecule has 128 valence electrons. The molecular weight excluding hydrogens is 336 g/mol. The minimum Gasteiger partial charge on any atom is -0.486 e. The highest BCUT2D eigenvalue weighted by atomic mass is 32.1. The summed E-state index contributed by atoms with van der Waals surface area (Å²) in [4.78, 5) is 16.8. The second kappa shape index (κ2) is 6.37. The first-order chi connectivity index (χ1) is 12.1. The maximum atomic E-state index is 12.3. The lowest BCUT2D eigenvalue weighted by Gasteiger charge is -2.17. The van der Waals surface area contributed by atoms with E-state index in [0.717, 1.165) is 21.5 Å². The molecule has 1 aromatic heterocycles. The number of hydrogen-bond donors (Lipinski definition) is 1. The Hall–Kier alpha value is -2.60. The van der Waals surface area contributed by atoms with Crippen molar-refractivity contribution in [2.24, 2.45) is 0 Å². The molecule has 1 aliphatic rings. The molecule has 25 heavy (non-hydrogen) atoms. The zero-order chi connectivity index (χ0) is 17.4. The smallest absolute Gasteiger partial charge is 0.230 e. The van der Waals surface area contributed by atoms with Crippen LogP contribution in [0.15, 0.2) is 30.3 Å². The molecule has 0 saturated heterocycles. The van der Waals surface area contributed by atoms with Gasteiger partial charge in [-0.15, -0.1) is 0 Å². The number of thiazole rings is 1. The lowest BCUT2D eigenvalue weighted by atomic mass is 10.0. The fraction of sp³-hybridized carbons (Fsp3) is 0.263. The predicted octanol–water partition coefficient (Wildman–Crippen LogP) is 3.87. The molecule has 2 aromatic carbocycles. The van der Waals surface area contributed by atoms with E-state index >= 15 is 0 Å². The largest absolute Gasteiger partial charge is 0.486 e. The van der Waals surface area contributed by atoms with E-state index in [1.165, 1.54) is 22.5 Å². The first kappa shape index (κ1) is 15.9. The van der Waals surface area contributed by atoms with Crippen molar-refractivity contribution in [3.8, 4) is 11.5 Å². The number of carbonyl (C=O) groups excluding carboxylic acids is 1. The van der Waals surface area contributed by atoms with Gasteiger partial charge in [0.2, 0.25) is 5.91 Å². The zero-order valence-electron chi connectivity index (χ0n) is 14.1. The lowest BCUT2D eigenvalue weighted by molar-refractivity contribution is -0.115. The lowest BCUT2D eigenvalue weighted by Crippen LogP contribution is -2.15. The second-order valence-electron chi connectivity index (χ2n) is 6.13. The van der Waals surface area contributed by atoms with Crippen LogP contribution in [-0.4, -0.2) is 24.1 Å². The molecule has 1 amide bonds. The molecule has 0 fully saturated rings. The number of rotatable bonds is 3. The molecule has 2 heterocycles. The Morgan fingerprint density at radius 1 is 1.12 bits per heavy atom. The van der Waals surface area contributed by atoms with Gasteiger partial charge in [-0.05, 0) is 30.5 Å². The van der Waals surface area contributed by atoms with E-state index in [0.29, 0.717) is 30.5 Å². The SMILES string of the molecule is Cc1ccc(CC(=O)Nc2nc3cc4c(cc3s2)OCCO4)cc1C. The molecule has 0 aliphatic carbocycles.